The van der Waals surface area contributed by atoms with Gasteiger partial charge in [0.15, 0.2) is 0 Å². The van der Waals surface area contributed by atoms with E-state index < -0.39 is 0 Å². The van der Waals surface area contributed by atoms with Crippen LogP contribution < -0.4 is 10.6 Å². The van der Waals surface area contributed by atoms with Crippen LogP contribution in [-0.4, -0.2) is 29.5 Å². The molecule has 2 N–H and O–H groups in total. The van der Waals surface area contributed by atoms with E-state index in [2.05, 4.69) is 15.6 Å². The number of pyridine rings is 1. The lowest BCUT2D eigenvalue weighted by atomic mass is 10.1. The first-order valence-corrected chi connectivity index (χ1v) is 7.07. The van der Waals surface area contributed by atoms with Crippen molar-refractivity contribution in [3.8, 4) is 6.07 Å². The first-order valence-electron chi connectivity index (χ1n) is 7.07. The quantitative estimate of drug-likeness (QED) is 0.863. The highest BCUT2D eigenvalue weighted by molar-refractivity contribution is 5.95. The van der Waals surface area contributed by atoms with Crippen molar-refractivity contribution in [2.75, 3.05) is 6.54 Å². The van der Waals surface area contributed by atoms with Gasteiger partial charge in [-0.25, -0.2) is 0 Å². The fraction of sp³-hybridized carbons (Fsp3) is 0.400. The Morgan fingerprint density at radius 3 is 3.10 bits per heavy atom. The van der Waals surface area contributed by atoms with Gasteiger partial charge in [-0.1, -0.05) is 0 Å². The van der Waals surface area contributed by atoms with Gasteiger partial charge in [0, 0.05) is 35.8 Å². The number of carbonyl (C=O) groups excluding carboxylic acids is 1. The van der Waals surface area contributed by atoms with Crippen molar-refractivity contribution in [3.05, 3.63) is 29.8 Å². The second kappa shape index (κ2) is 4.57. The second-order valence-electron chi connectivity index (χ2n) is 5.76. The van der Waals surface area contributed by atoms with E-state index >= 15 is 0 Å². The smallest absolute Gasteiger partial charge is 0.270 e. The van der Waals surface area contributed by atoms with Gasteiger partial charge in [-0.2, -0.15) is 5.26 Å². The van der Waals surface area contributed by atoms with Crippen molar-refractivity contribution in [2.24, 2.45) is 5.92 Å². The molecule has 2 aromatic heterocycles. The standard InChI is InChI=1S/C15H14N4O2/c16-5-10-3-9-7-18-13(4-14(9)21-10)15(20)19-12-2-8-1-11(12)17-6-8/h3-4,7-8,11-12,17H,1-2,6H2,(H,19,20). The summed E-state index contributed by atoms with van der Waals surface area (Å²) < 4.78 is 5.33. The zero-order valence-corrected chi connectivity index (χ0v) is 11.3. The molecule has 6 heteroatoms. The third kappa shape index (κ3) is 2.06. The summed E-state index contributed by atoms with van der Waals surface area (Å²) in [6, 6.07) is 5.71. The molecule has 0 aromatic carbocycles. The van der Waals surface area contributed by atoms with E-state index in [-0.39, 0.29) is 17.7 Å². The SMILES string of the molecule is N#Cc1cc2cnc(C(=O)NC3CC4CNC3C4)cc2o1. The number of nitrogens with one attached hydrogen (secondary N) is 2. The Labute approximate surface area is 121 Å². The van der Waals surface area contributed by atoms with E-state index in [4.69, 9.17) is 9.68 Å². The Hall–Kier alpha value is -2.39. The van der Waals surface area contributed by atoms with Gasteiger partial charge in [-0.3, -0.25) is 9.78 Å². The fourth-order valence-electron chi connectivity index (χ4n) is 3.37. The summed E-state index contributed by atoms with van der Waals surface area (Å²) >= 11 is 0. The van der Waals surface area contributed by atoms with Gasteiger partial charge >= 0.3 is 0 Å². The highest BCUT2D eigenvalue weighted by Gasteiger charge is 2.40. The normalized spacial score (nSPS) is 26.9. The minimum Gasteiger partial charge on any atom is -0.445 e. The molecule has 1 aliphatic carbocycles. The van der Waals surface area contributed by atoms with Crippen LogP contribution in [-0.2, 0) is 0 Å². The minimum absolute atomic E-state index is 0.181. The van der Waals surface area contributed by atoms with Crippen LogP contribution in [0.25, 0.3) is 11.0 Å². The van der Waals surface area contributed by atoms with Crippen molar-refractivity contribution in [3.63, 3.8) is 0 Å². The van der Waals surface area contributed by atoms with Crippen molar-refractivity contribution in [2.45, 2.75) is 24.9 Å². The number of amides is 1. The first-order chi connectivity index (χ1) is 10.2. The Morgan fingerprint density at radius 2 is 2.38 bits per heavy atom. The van der Waals surface area contributed by atoms with E-state index in [0.717, 1.165) is 24.8 Å². The molecule has 2 fully saturated rings. The third-order valence-corrected chi connectivity index (χ3v) is 4.39. The highest BCUT2D eigenvalue weighted by atomic mass is 16.3. The maximum atomic E-state index is 12.3. The predicted molar refractivity (Wildman–Crippen MR) is 74.5 cm³/mol. The molecule has 1 saturated heterocycles. The van der Waals surface area contributed by atoms with Gasteiger partial charge < -0.3 is 15.1 Å². The second-order valence-corrected chi connectivity index (χ2v) is 5.76. The van der Waals surface area contributed by atoms with Gasteiger partial charge in [-0.05, 0) is 25.3 Å². The maximum absolute atomic E-state index is 12.3. The molecule has 3 heterocycles. The molecular weight excluding hydrogens is 268 g/mol. The molecule has 3 atom stereocenters. The molecule has 6 nitrogen and oxygen atoms in total. The number of rotatable bonds is 2. The van der Waals surface area contributed by atoms with Crippen LogP contribution in [0.2, 0.25) is 0 Å². The molecule has 2 aliphatic rings. The van der Waals surface area contributed by atoms with Crippen LogP contribution in [0.1, 0.15) is 29.1 Å². The summed E-state index contributed by atoms with van der Waals surface area (Å²) in [6.45, 7) is 1.06. The van der Waals surface area contributed by atoms with Crippen molar-refractivity contribution in [1.29, 1.82) is 5.26 Å². The molecule has 21 heavy (non-hydrogen) atoms. The van der Waals surface area contributed by atoms with Gasteiger partial charge in [0.2, 0.25) is 5.76 Å². The van der Waals surface area contributed by atoms with Gasteiger partial charge in [0.25, 0.3) is 5.91 Å². The number of nitriles is 1. The van der Waals surface area contributed by atoms with Crippen LogP contribution >= 0.6 is 0 Å². The molecular formula is C15H14N4O2. The number of aromatic nitrogens is 1. The highest BCUT2D eigenvalue weighted by Crippen LogP contribution is 2.31. The number of hydrogen-bond donors (Lipinski definition) is 2. The first kappa shape index (κ1) is 12.4. The van der Waals surface area contributed by atoms with E-state index in [1.165, 1.54) is 0 Å². The third-order valence-electron chi connectivity index (χ3n) is 4.39. The average Bonchev–Trinajstić information content (AvgIpc) is 3.20. The van der Waals surface area contributed by atoms with Gasteiger partial charge in [-0.15, -0.1) is 0 Å². The number of nitrogens with zero attached hydrogens (tertiary/aromatic N) is 2. The number of carbonyl (C=O) groups is 1. The lowest BCUT2D eigenvalue weighted by molar-refractivity contribution is 0.0923. The van der Waals surface area contributed by atoms with Crippen LogP contribution in [0.15, 0.2) is 22.7 Å². The van der Waals surface area contributed by atoms with E-state index in [1.54, 1.807) is 18.3 Å². The molecule has 0 radical (unpaired) electrons. The van der Waals surface area contributed by atoms with E-state index in [9.17, 15) is 4.79 Å². The van der Waals surface area contributed by atoms with E-state index in [0.29, 0.717) is 23.2 Å². The number of fused-ring (bicyclic) bond motifs is 3. The molecule has 4 rings (SSSR count). The molecule has 0 spiro atoms. The molecule has 1 saturated carbocycles. The Morgan fingerprint density at radius 1 is 1.48 bits per heavy atom. The summed E-state index contributed by atoms with van der Waals surface area (Å²) in [4.78, 5) is 16.4. The topological polar surface area (TPSA) is 91.0 Å². The lowest BCUT2D eigenvalue weighted by Crippen LogP contribution is -2.48. The van der Waals surface area contributed by atoms with Gasteiger partial charge in [0.1, 0.15) is 17.3 Å². The lowest BCUT2D eigenvalue weighted by Gasteiger charge is -2.23. The number of furan rings is 1. The summed E-state index contributed by atoms with van der Waals surface area (Å²) in [5, 5.41) is 16.0. The van der Waals surface area contributed by atoms with Crippen molar-refractivity contribution >= 4 is 16.9 Å². The molecule has 106 valence electrons. The molecule has 2 aromatic rings. The summed E-state index contributed by atoms with van der Waals surface area (Å²) in [6.07, 6.45) is 3.74. The Bertz CT molecular complexity index is 761. The summed E-state index contributed by atoms with van der Waals surface area (Å²) in [5.41, 5.74) is 0.835. The van der Waals surface area contributed by atoms with Crippen LogP contribution in [0, 0.1) is 17.2 Å². The molecule has 1 aliphatic heterocycles. The molecule has 1 amide bonds. The monoisotopic (exact) mass is 282 g/mol. The number of hydrogen-bond acceptors (Lipinski definition) is 5. The zero-order chi connectivity index (χ0) is 14.4. The van der Waals surface area contributed by atoms with Crippen LogP contribution in [0.3, 0.4) is 0 Å². The zero-order valence-electron chi connectivity index (χ0n) is 11.3. The molecule has 2 bridgehead atoms. The van der Waals surface area contributed by atoms with Gasteiger partial charge in [0.05, 0.1) is 0 Å². The van der Waals surface area contributed by atoms with E-state index in [1.807, 2.05) is 6.07 Å². The Balaban J connectivity index is 1.55. The Kier molecular flexibility index (Phi) is 2.69. The average molecular weight is 282 g/mol. The number of piperidine rings is 1. The summed E-state index contributed by atoms with van der Waals surface area (Å²) in [5.74, 6) is 0.715. The van der Waals surface area contributed by atoms with Crippen LogP contribution in [0.5, 0.6) is 0 Å². The van der Waals surface area contributed by atoms with Crippen molar-refractivity contribution in [1.82, 2.24) is 15.6 Å². The maximum Gasteiger partial charge on any atom is 0.270 e. The van der Waals surface area contributed by atoms with Crippen molar-refractivity contribution < 1.29 is 9.21 Å². The predicted octanol–water partition coefficient (Wildman–Crippen LogP) is 1.18. The summed E-state index contributed by atoms with van der Waals surface area (Å²) in [7, 11) is 0. The fourth-order valence-corrected chi connectivity index (χ4v) is 3.37. The largest absolute Gasteiger partial charge is 0.445 e. The minimum atomic E-state index is -0.189. The molecule has 3 unspecified atom stereocenters. The van der Waals surface area contributed by atoms with Crippen LogP contribution in [0.4, 0.5) is 0 Å².